The second-order valence-electron chi connectivity index (χ2n) is 35.9. The van der Waals surface area contributed by atoms with Crippen LogP contribution < -0.4 is 0 Å². The zero-order chi connectivity index (χ0) is 83.5. The number of rotatable bonds is 5. The maximum atomic E-state index is 8.49. The molecule has 3 aliphatic rings. The Hall–Kier alpha value is -13.6. The van der Waals surface area contributed by atoms with Crippen LogP contribution in [0.2, 0.25) is 0 Å². The van der Waals surface area contributed by atoms with Gasteiger partial charge in [0.25, 0.3) is 0 Å². The van der Waals surface area contributed by atoms with Gasteiger partial charge >= 0.3 is 0 Å². The number of hydrogen-bond acceptors (Lipinski definition) is 9. The molecule has 586 valence electrons. The molecule has 3 aliphatic carbocycles. The van der Waals surface area contributed by atoms with Gasteiger partial charge in [0, 0.05) is 77.4 Å². The van der Waals surface area contributed by atoms with Crippen molar-refractivity contribution in [3.8, 4) is 136 Å². The van der Waals surface area contributed by atoms with Crippen molar-refractivity contribution in [3.63, 3.8) is 0 Å². The number of para-hydroxylation sites is 4. The van der Waals surface area contributed by atoms with Crippen molar-refractivity contribution >= 4 is 5.69 Å². The third-order valence-corrected chi connectivity index (χ3v) is 22.2. The van der Waals surface area contributed by atoms with Crippen LogP contribution in [0.5, 0.6) is 0 Å². The molecule has 0 bridgehead atoms. The van der Waals surface area contributed by atoms with Crippen molar-refractivity contribution in [2.75, 3.05) is 0 Å². The molecular formula is C103H99N15. The summed E-state index contributed by atoms with van der Waals surface area (Å²) in [6, 6.07) is 81.8. The van der Waals surface area contributed by atoms with Gasteiger partial charge in [-0.15, -0.1) is 20.4 Å². The Kier molecular flexibility index (Phi) is 21.1. The molecule has 0 radical (unpaired) electrons. The third kappa shape index (κ3) is 15.0. The Morgan fingerprint density at radius 1 is 0.254 bits per heavy atom. The molecule has 0 fully saturated rings. The second kappa shape index (κ2) is 31.2. The van der Waals surface area contributed by atoms with Crippen LogP contribution in [0.3, 0.4) is 0 Å². The summed E-state index contributed by atoms with van der Waals surface area (Å²) < 4.78 is 8.23. The van der Waals surface area contributed by atoms with Crippen molar-refractivity contribution in [1.29, 1.82) is 0 Å². The van der Waals surface area contributed by atoms with Gasteiger partial charge in [-0.3, -0.25) is 0 Å². The zero-order valence-corrected chi connectivity index (χ0v) is 71.2. The third-order valence-electron chi connectivity index (χ3n) is 22.2. The largest absolute Gasteiger partial charge is 0.212 e. The van der Waals surface area contributed by atoms with Crippen LogP contribution in [0, 0.1) is 58.3 Å². The Morgan fingerprint density at radius 3 is 0.695 bits per heavy atom. The van der Waals surface area contributed by atoms with Crippen LogP contribution >= 0.6 is 0 Å². The van der Waals surface area contributed by atoms with Gasteiger partial charge < -0.3 is 0 Å². The monoisotopic (exact) mass is 1550 g/mol. The van der Waals surface area contributed by atoms with Crippen LogP contribution in [0.15, 0.2) is 242 Å². The average molecular weight is 1550 g/mol. The van der Waals surface area contributed by atoms with Crippen LogP contribution in [0.25, 0.3) is 123 Å². The van der Waals surface area contributed by atoms with Gasteiger partial charge in [0.15, 0.2) is 0 Å². The predicted octanol–water partition coefficient (Wildman–Crippen LogP) is 25.1. The molecule has 15 aromatic rings. The highest BCUT2D eigenvalue weighted by molar-refractivity contribution is 6.02. The lowest BCUT2D eigenvalue weighted by Gasteiger charge is -2.26. The number of hydrogen-bond donors (Lipinski definition) is 0. The van der Waals surface area contributed by atoms with Gasteiger partial charge in [-0.1, -0.05) is 366 Å². The highest BCUT2D eigenvalue weighted by atomic mass is 15.5. The fraction of sp³-hybridized carbons (Fsp3) is 0.243. The van der Waals surface area contributed by atoms with Crippen LogP contribution in [0.1, 0.15) is 182 Å². The summed E-state index contributed by atoms with van der Waals surface area (Å²) in [7, 11) is 0. The number of aromatic nitrogens is 12. The van der Waals surface area contributed by atoms with E-state index >= 15 is 0 Å². The average Bonchev–Trinajstić information content (AvgIpc) is 1.53. The molecule has 0 saturated heterocycles. The molecule has 15 heteroatoms. The maximum Gasteiger partial charge on any atom is 0.122 e. The molecular weight excluding hydrogens is 1450 g/mol. The summed E-state index contributed by atoms with van der Waals surface area (Å²) in [5.74, 6) is 12.7. The van der Waals surface area contributed by atoms with Crippen LogP contribution in [0.4, 0.5) is 5.69 Å². The molecule has 0 saturated carbocycles. The van der Waals surface area contributed by atoms with E-state index in [1.165, 1.54) is 22.3 Å². The van der Waals surface area contributed by atoms with E-state index < -0.39 is 0 Å². The summed E-state index contributed by atoms with van der Waals surface area (Å²) in [5.41, 5.74) is 44.1. The zero-order valence-electron chi connectivity index (χ0n) is 71.2. The SMILES string of the molecule is C1#Cc2ccccc2C#Cc2ccccc21.Cc1cccc(C(C)(C)C)c1-n1nnc2c1-c1ccccc1-c1c(nnn1-c1c(C)cccc1C(C)(C)C)-c1ccccc1-2.Cc1cccc(C(C)(C)C)c1-n1nnc2c1-c1ccccc1-c1nnn(-c3c(C)cccc3C(C)(C)C)c1-c1ccccc1-2.Cc1cccc(C(C)(C)C)c1N=[N+]=[N-]. The molecule has 0 aliphatic heterocycles. The minimum atomic E-state index is -0.0941. The fourth-order valence-electron chi connectivity index (χ4n) is 16.3. The standard InChI is InChI=1S/2C38H38N6.C16H8.C11H15N3/c1-23-15-13-21-29(37(3,4)5)33(23)43-35-27-19-11-9-17-25(27)32-36(28-20-12-10-18-26(28)31(35)39-41-43)44(42-40-32)34-24(2)16-14-22-30(34)38(6,7)8;1-23-15-13-21-29(37(3,4)5)33(23)43-35-27-19-11-12-20-28(27)36-32(26-18-10-9-17-25(26)31(35)39-41-43)40-42-44(36)34-24(2)16-14-22-30(34)38(6,7)8;1-2-6-14-11-12-16-8-4-3-7-15(16)10-9-13(14)5-1;1-8-6-5-7-9(11(2,3)4)10(8)13-14-12/h2*9-22H,1-8H3;1-8H;5-7H,1-4H3. The van der Waals surface area contributed by atoms with Crippen molar-refractivity contribution in [3.05, 3.63) is 325 Å². The van der Waals surface area contributed by atoms with E-state index in [4.69, 9.17) is 46.8 Å². The van der Waals surface area contributed by atoms with Crippen LogP contribution in [-0.4, -0.2) is 60.0 Å². The lowest BCUT2D eigenvalue weighted by molar-refractivity contribution is 0.581. The summed E-state index contributed by atoms with van der Waals surface area (Å²) >= 11 is 0. The number of nitrogens with zero attached hydrogens (tertiary/aromatic N) is 15. The minimum absolute atomic E-state index is 0.00947. The second-order valence-corrected chi connectivity index (χ2v) is 35.9. The summed E-state index contributed by atoms with van der Waals surface area (Å²) in [6.07, 6.45) is 0. The molecule has 0 spiro atoms. The fourth-order valence-corrected chi connectivity index (χ4v) is 16.3. The lowest BCUT2D eigenvalue weighted by atomic mass is 9.84. The van der Waals surface area contributed by atoms with E-state index in [1.807, 2.05) is 73.7 Å². The topological polar surface area (TPSA) is 172 Å². The lowest BCUT2D eigenvalue weighted by Crippen LogP contribution is -2.18. The van der Waals surface area contributed by atoms with E-state index in [0.717, 1.165) is 174 Å². The van der Waals surface area contributed by atoms with E-state index in [-0.39, 0.29) is 27.1 Å². The van der Waals surface area contributed by atoms with Gasteiger partial charge in [0.1, 0.15) is 45.6 Å². The van der Waals surface area contributed by atoms with Crippen molar-refractivity contribution in [2.24, 2.45) is 5.11 Å². The molecule has 0 N–H and O–H groups in total. The Balaban J connectivity index is 0.000000137. The highest BCUT2D eigenvalue weighted by Crippen LogP contribution is 2.52. The smallest absolute Gasteiger partial charge is 0.122 e. The van der Waals surface area contributed by atoms with Gasteiger partial charge in [0.05, 0.1) is 22.7 Å². The van der Waals surface area contributed by atoms with Gasteiger partial charge in [-0.25, -0.2) is 18.7 Å². The minimum Gasteiger partial charge on any atom is -0.212 e. The van der Waals surface area contributed by atoms with Crippen molar-refractivity contribution < 1.29 is 0 Å². The van der Waals surface area contributed by atoms with E-state index in [2.05, 4.69) is 354 Å². The molecule has 4 aromatic heterocycles. The quantitative estimate of drug-likeness (QED) is 0.0709. The molecule has 118 heavy (non-hydrogen) atoms. The maximum absolute atomic E-state index is 8.49. The van der Waals surface area contributed by atoms with E-state index in [9.17, 15) is 0 Å². The first-order valence-electron chi connectivity index (χ1n) is 40.3. The molecule has 11 aromatic carbocycles. The molecule has 0 amide bonds. The summed E-state index contributed by atoms with van der Waals surface area (Å²) in [4.78, 5) is 2.87. The molecule has 0 unspecified atom stereocenters. The normalized spacial score (nSPS) is 12.1. The van der Waals surface area contributed by atoms with E-state index in [1.54, 1.807) is 0 Å². The Labute approximate surface area is 693 Å². The highest BCUT2D eigenvalue weighted by Gasteiger charge is 2.37. The number of fused-ring (bicyclic) bond motifs is 18. The van der Waals surface area contributed by atoms with Crippen molar-refractivity contribution in [1.82, 2.24) is 60.0 Å². The summed E-state index contributed by atoms with van der Waals surface area (Å²) in [5, 5.41) is 43.0. The van der Waals surface area contributed by atoms with Crippen molar-refractivity contribution in [2.45, 2.75) is 166 Å². The first kappa shape index (κ1) is 79.6. The molecule has 15 nitrogen and oxygen atoms in total. The first-order valence-corrected chi connectivity index (χ1v) is 40.3. The molecule has 0 atom stereocenters. The Bertz CT molecular complexity index is 6210. The predicted molar refractivity (Wildman–Crippen MR) is 480 cm³/mol. The van der Waals surface area contributed by atoms with Gasteiger partial charge in [-0.2, -0.15) is 0 Å². The molecule has 4 heterocycles. The van der Waals surface area contributed by atoms with Gasteiger partial charge in [0.2, 0.25) is 0 Å². The van der Waals surface area contributed by atoms with Crippen LogP contribution in [-0.2, 0) is 27.1 Å². The van der Waals surface area contributed by atoms with Gasteiger partial charge in [-0.05, 0) is 147 Å². The first-order chi connectivity index (χ1) is 56.3. The number of azide groups is 1. The summed E-state index contributed by atoms with van der Waals surface area (Å²) in [6.45, 7) is 43.9. The Morgan fingerprint density at radius 2 is 0.458 bits per heavy atom. The van der Waals surface area contributed by atoms with E-state index in [0.29, 0.717) is 0 Å². The number of benzene rings is 11. The molecule has 18 rings (SSSR count). The number of aryl methyl sites for hydroxylation is 5.